The molecule has 0 saturated heterocycles. The second-order valence-corrected chi connectivity index (χ2v) is 4.86. The average Bonchev–Trinajstić information content (AvgIpc) is 2.93. The van der Waals surface area contributed by atoms with E-state index in [9.17, 15) is 0 Å². The number of fused-ring (bicyclic) bond motifs is 1. The van der Waals surface area contributed by atoms with E-state index in [2.05, 4.69) is 33.3 Å². The molecule has 3 rings (SSSR count). The summed E-state index contributed by atoms with van der Waals surface area (Å²) in [4.78, 5) is 12.0. The van der Waals surface area contributed by atoms with Gasteiger partial charge in [-0.25, -0.2) is 4.98 Å². The molecule has 2 N–H and O–H groups in total. The minimum atomic E-state index is 0.220. The minimum Gasteiger partial charge on any atom is -0.347 e. The summed E-state index contributed by atoms with van der Waals surface area (Å²) in [5, 5.41) is 3.62. The first kappa shape index (κ1) is 11.4. The lowest BCUT2D eigenvalue weighted by Gasteiger charge is -2.27. The van der Waals surface area contributed by atoms with Gasteiger partial charge in [-0.15, -0.1) is 0 Å². The molecule has 0 aromatic carbocycles. The van der Waals surface area contributed by atoms with Crippen molar-refractivity contribution < 1.29 is 0 Å². The third-order valence-corrected chi connectivity index (χ3v) is 3.58. The van der Waals surface area contributed by atoms with Crippen LogP contribution in [0.5, 0.6) is 0 Å². The maximum Gasteiger partial charge on any atom is 0.122 e. The van der Waals surface area contributed by atoms with Crippen LogP contribution in [0.15, 0.2) is 30.7 Å². The zero-order valence-electron chi connectivity index (χ0n) is 10.6. The molecule has 2 aromatic heterocycles. The van der Waals surface area contributed by atoms with Gasteiger partial charge < -0.3 is 4.98 Å². The molecule has 2 unspecified atom stereocenters. The smallest absolute Gasteiger partial charge is 0.122 e. The summed E-state index contributed by atoms with van der Waals surface area (Å²) in [6.07, 6.45) is 9.06. The molecule has 94 valence electrons. The van der Waals surface area contributed by atoms with Crippen LogP contribution in [-0.4, -0.2) is 15.0 Å². The van der Waals surface area contributed by atoms with Crippen molar-refractivity contribution in [1.29, 1.82) is 0 Å². The number of rotatable bonds is 3. The number of aryl methyl sites for hydroxylation is 1. The van der Waals surface area contributed by atoms with E-state index in [0.29, 0.717) is 6.04 Å². The Labute approximate surface area is 107 Å². The molecular weight excluding hydrogens is 224 g/mol. The van der Waals surface area contributed by atoms with Gasteiger partial charge in [0, 0.05) is 18.6 Å². The number of nitrogens with zero attached hydrogens (tertiary/aromatic N) is 2. The maximum atomic E-state index is 4.54. The third kappa shape index (κ3) is 2.16. The molecule has 1 aliphatic carbocycles. The molecule has 2 atom stereocenters. The van der Waals surface area contributed by atoms with E-state index in [1.807, 2.05) is 18.5 Å². The Bertz CT molecular complexity index is 506. The number of aromatic nitrogens is 3. The fraction of sp³-hybridized carbons (Fsp3) is 0.429. The monoisotopic (exact) mass is 242 g/mol. The summed E-state index contributed by atoms with van der Waals surface area (Å²) in [5.41, 5.74) is 2.59. The summed E-state index contributed by atoms with van der Waals surface area (Å²) in [6, 6.07) is 4.78. The number of H-pyrrole nitrogens is 1. The predicted molar refractivity (Wildman–Crippen MR) is 70.1 cm³/mol. The van der Waals surface area contributed by atoms with Crippen molar-refractivity contribution in [3.05, 3.63) is 47.8 Å². The Kier molecular flexibility index (Phi) is 3.11. The zero-order chi connectivity index (χ0) is 12.4. The molecule has 0 spiro atoms. The highest BCUT2D eigenvalue weighted by atomic mass is 15.0. The van der Waals surface area contributed by atoms with Crippen molar-refractivity contribution in [1.82, 2.24) is 20.3 Å². The highest BCUT2D eigenvalue weighted by Crippen LogP contribution is 2.29. The number of imidazole rings is 1. The Morgan fingerprint density at radius 1 is 1.39 bits per heavy atom. The van der Waals surface area contributed by atoms with Crippen LogP contribution in [-0.2, 0) is 6.42 Å². The van der Waals surface area contributed by atoms with Crippen LogP contribution in [0.4, 0.5) is 0 Å². The van der Waals surface area contributed by atoms with Crippen LogP contribution < -0.4 is 5.32 Å². The van der Waals surface area contributed by atoms with Crippen LogP contribution in [0.25, 0.3) is 0 Å². The van der Waals surface area contributed by atoms with Gasteiger partial charge in [0.1, 0.15) is 5.82 Å². The lowest BCUT2D eigenvalue weighted by Crippen LogP contribution is -2.29. The van der Waals surface area contributed by atoms with Gasteiger partial charge in [-0.2, -0.15) is 0 Å². The Morgan fingerprint density at radius 3 is 3.17 bits per heavy atom. The van der Waals surface area contributed by atoms with Gasteiger partial charge in [0.15, 0.2) is 0 Å². The summed E-state index contributed by atoms with van der Waals surface area (Å²) >= 11 is 0. The van der Waals surface area contributed by atoms with E-state index in [-0.39, 0.29) is 6.04 Å². The molecule has 0 bridgehead atoms. The van der Waals surface area contributed by atoms with Crippen molar-refractivity contribution in [2.45, 2.75) is 38.3 Å². The Balaban J connectivity index is 1.78. The van der Waals surface area contributed by atoms with Crippen molar-refractivity contribution >= 4 is 0 Å². The van der Waals surface area contributed by atoms with Crippen LogP contribution in [0, 0.1) is 0 Å². The predicted octanol–water partition coefficient (Wildman–Crippen LogP) is 2.53. The largest absolute Gasteiger partial charge is 0.347 e. The maximum absolute atomic E-state index is 4.54. The van der Waals surface area contributed by atoms with E-state index in [4.69, 9.17) is 0 Å². The number of hydrogen-bond acceptors (Lipinski definition) is 3. The molecule has 0 saturated carbocycles. The van der Waals surface area contributed by atoms with Crippen LogP contribution in [0.3, 0.4) is 0 Å². The fourth-order valence-electron chi connectivity index (χ4n) is 2.67. The number of hydrogen-bond donors (Lipinski definition) is 2. The second kappa shape index (κ2) is 4.90. The third-order valence-electron chi connectivity index (χ3n) is 3.58. The normalized spacial score (nSPS) is 20.4. The van der Waals surface area contributed by atoms with Crippen molar-refractivity contribution in [2.75, 3.05) is 0 Å². The first-order valence-electron chi connectivity index (χ1n) is 6.53. The quantitative estimate of drug-likeness (QED) is 0.869. The molecule has 0 amide bonds. The first-order valence-corrected chi connectivity index (χ1v) is 6.53. The van der Waals surface area contributed by atoms with Crippen LogP contribution in [0.1, 0.15) is 48.9 Å². The van der Waals surface area contributed by atoms with E-state index in [1.165, 1.54) is 17.7 Å². The topological polar surface area (TPSA) is 53.6 Å². The van der Waals surface area contributed by atoms with Gasteiger partial charge in [0.05, 0.1) is 17.8 Å². The van der Waals surface area contributed by atoms with E-state index < -0.39 is 0 Å². The lowest BCUT2D eigenvalue weighted by molar-refractivity contribution is 0.398. The standard InChI is InChI=1S/C14H18N4/c1-10(14-16-8-9-17-14)18-12-6-2-4-11-5-3-7-15-13(11)12/h3,5,7-10,12,18H,2,4,6H2,1H3,(H,16,17). The van der Waals surface area contributed by atoms with E-state index >= 15 is 0 Å². The van der Waals surface area contributed by atoms with Gasteiger partial charge >= 0.3 is 0 Å². The average molecular weight is 242 g/mol. The Hall–Kier alpha value is -1.68. The molecule has 2 heterocycles. The summed E-state index contributed by atoms with van der Waals surface area (Å²) in [5.74, 6) is 0.984. The molecule has 4 nitrogen and oxygen atoms in total. The van der Waals surface area contributed by atoms with Crippen molar-refractivity contribution in [3.8, 4) is 0 Å². The molecule has 0 aliphatic heterocycles. The van der Waals surface area contributed by atoms with Crippen LogP contribution >= 0.6 is 0 Å². The second-order valence-electron chi connectivity index (χ2n) is 4.86. The fourth-order valence-corrected chi connectivity index (χ4v) is 2.67. The van der Waals surface area contributed by atoms with Gasteiger partial charge in [-0.1, -0.05) is 6.07 Å². The zero-order valence-corrected chi connectivity index (χ0v) is 10.6. The highest BCUT2D eigenvalue weighted by molar-refractivity contribution is 5.25. The van der Waals surface area contributed by atoms with Gasteiger partial charge in [-0.05, 0) is 37.8 Å². The van der Waals surface area contributed by atoms with Crippen molar-refractivity contribution in [2.24, 2.45) is 0 Å². The molecule has 18 heavy (non-hydrogen) atoms. The number of pyridine rings is 1. The van der Waals surface area contributed by atoms with E-state index in [1.54, 1.807) is 6.20 Å². The van der Waals surface area contributed by atoms with Gasteiger partial charge in [0.2, 0.25) is 0 Å². The summed E-state index contributed by atoms with van der Waals surface area (Å²) in [7, 11) is 0. The first-order chi connectivity index (χ1) is 8.84. The molecule has 0 fully saturated rings. The van der Waals surface area contributed by atoms with Gasteiger partial charge in [-0.3, -0.25) is 10.3 Å². The van der Waals surface area contributed by atoms with Gasteiger partial charge in [0.25, 0.3) is 0 Å². The van der Waals surface area contributed by atoms with Crippen LogP contribution in [0.2, 0.25) is 0 Å². The summed E-state index contributed by atoms with van der Waals surface area (Å²) < 4.78 is 0. The molecule has 0 radical (unpaired) electrons. The molecule has 2 aromatic rings. The Morgan fingerprint density at radius 2 is 2.33 bits per heavy atom. The number of aromatic amines is 1. The summed E-state index contributed by atoms with van der Waals surface area (Å²) in [6.45, 7) is 2.13. The van der Waals surface area contributed by atoms with E-state index in [0.717, 1.165) is 18.7 Å². The van der Waals surface area contributed by atoms with Crippen molar-refractivity contribution in [3.63, 3.8) is 0 Å². The minimum absolute atomic E-state index is 0.220. The molecule has 1 aliphatic rings. The molecular formula is C14H18N4. The molecule has 4 heteroatoms. The number of nitrogens with one attached hydrogen (secondary N) is 2. The lowest BCUT2D eigenvalue weighted by atomic mass is 9.91. The SMILES string of the molecule is CC(NC1CCCc2cccnc21)c1ncc[nH]1. The highest BCUT2D eigenvalue weighted by Gasteiger charge is 2.23.